The third-order valence-corrected chi connectivity index (χ3v) is 5.16. The van der Waals surface area contributed by atoms with Crippen LogP contribution in [0, 0.1) is 0 Å². The first-order chi connectivity index (χ1) is 14.6. The predicted molar refractivity (Wildman–Crippen MR) is 126 cm³/mol. The van der Waals surface area contributed by atoms with Crippen LogP contribution in [0.1, 0.15) is 46.1 Å². The van der Waals surface area contributed by atoms with E-state index < -0.39 is 11.6 Å². The molecule has 0 saturated heterocycles. The molecule has 5 nitrogen and oxygen atoms in total. The minimum Gasteiger partial charge on any atom is -0.494 e. The molecule has 0 heterocycles. The SMILES string of the molecule is C[C@H](C(=O)NC(C)(C)C)N(Cc1ccc(Cl)cc1Cl)C(=O)CCCOc1ccccc1. The molecule has 0 aromatic heterocycles. The van der Waals surface area contributed by atoms with Crippen LogP contribution < -0.4 is 10.1 Å². The van der Waals surface area contributed by atoms with E-state index in [2.05, 4.69) is 5.32 Å². The van der Waals surface area contributed by atoms with Gasteiger partial charge in [-0.05, 0) is 63.9 Å². The Morgan fingerprint density at radius 2 is 1.77 bits per heavy atom. The third kappa shape index (κ3) is 8.42. The number of nitrogens with one attached hydrogen (secondary N) is 1. The van der Waals surface area contributed by atoms with Crippen LogP contribution >= 0.6 is 23.2 Å². The van der Waals surface area contributed by atoms with Crippen LogP contribution in [-0.2, 0) is 16.1 Å². The summed E-state index contributed by atoms with van der Waals surface area (Å²) in [7, 11) is 0. The van der Waals surface area contributed by atoms with Gasteiger partial charge in [-0.2, -0.15) is 0 Å². The number of rotatable bonds is 9. The second-order valence-electron chi connectivity index (χ2n) is 8.44. The highest BCUT2D eigenvalue weighted by atomic mass is 35.5. The van der Waals surface area contributed by atoms with Crippen LogP contribution in [0.2, 0.25) is 10.0 Å². The fourth-order valence-electron chi connectivity index (χ4n) is 2.96. The van der Waals surface area contributed by atoms with Gasteiger partial charge in [0, 0.05) is 28.5 Å². The van der Waals surface area contributed by atoms with E-state index in [1.165, 1.54) is 0 Å². The van der Waals surface area contributed by atoms with Gasteiger partial charge in [-0.1, -0.05) is 47.5 Å². The number of carbonyl (C=O) groups excluding carboxylic acids is 2. The normalized spacial score (nSPS) is 12.2. The van der Waals surface area contributed by atoms with Gasteiger partial charge in [0.05, 0.1) is 6.61 Å². The van der Waals surface area contributed by atoms with Crippen molar-refractivity contribution in [1.82, 2.24) is 10.2 Å². The molecule has 2 rings (SSSR count). The van der Waals surface area contributed by atoms with E-state index in [1.54, 1.807) is 30.0 Å². The van der Waals surface area contributed by atoms with Gasteiger partial charge in [-0.3, -0.25) is 9.59 Å². The molecule has 0 radical (unpaired) electrons. The van der Waals surface area contributed by atoms with Gasteiger partial charge in [0.25, 0.3) is 0 Å². The molecule has 0 bridgehead atoms. The van der Waals surface area contributed by atoms with Crippen molar-refractivity contribution in [3.63, 3.8) is 0 Å². The molecule has 1 atom stereocenters. The minimum atomic E-state index is -0.659. The number of amides is 2. The summed E-state index contributed by atoms with van der Waals surface area (Å²) in [6.07, 6.45) is 0.789. The number of benzene rings is 2. The Morgan fingerprint density at radius 1 is 1.10 bits per heavy atom. The lowest BCUT2D eigenvalue weighted by molar-refractivity contribution is -0.141. The third-order valence-electron chi connectivity index (χ3n) is 4.57. The first-order valence-corrected chi connectivity index (χ1v) is 11.1. The van der Waals surface area contributed by atoms with Crippen molar-refractivity contribution in [2.24, 2.45) is 0 Å². The van der Waals surface area contributed by atoms with Gasteiger partial charge < -0.3 is 15.0 Å². The van der Waals surface area contributed by atoms with Gasteiger partial charge >= 0.3 is 0 Å². The van der Waals surface area contributed by atoms with Crippen LogP contribution in [0.4, 0.5) is 0 Å². The van der Waals surface area contributed by atoms with Crippen LogP contribution in [0.25, 0.3) is 0 Å². The molecule has 0 aliphatic rings. The number of para-hydroxylation sites is 1. The lowest BCUT2D eigenvalue weighted by Crippen LogP contribution is -2.52. The molecule has 1 N–H and O–H groups in total. The summed E-state index contributed by atoms with van der Waals surface area (Å²) in [6.45, 7) is 8.06. The Bertz CT molecular complexity index is 882. The van der Waals surface area contributed by atoms with E-state index in [4.69, 9.17) is 27.9 Å². The monoisotopic (exact) mass is 464 g/mol. The maximum atomic E-state index is 13.1. The molecule has 0 aliphatic carbocycles. The number of nitrogens with zero attached hydrogens (tertiary/aromatic N) is 1. The highest BCUT2D eigenvalue weighted by Crippen LogP contribution is 2.24. The van der Waals surface area contributed by atoms with E-state index in [0.717, 1.165) is 11.3 Å². The van der Waals surface area contributed by atoms with Crippen molar-refractivity contribution in [3.05, 3.63) is 64.1 Å². The molecule has 2 amide bonds. The number of halogens is 2. The van der Waals surface area contributed by atoms with Crippen molar-refractivity contribution in [2.75, 3.05) is 6.61 Å². The second-order valence-corrected chi connectivity index (χ2v) is 9.28. The Kier molecular flexibility index (Phi) is 9.20. The lowest BCUT2D eigenvalue weighted by atomic mass is 10.1. The van der Waals surface area contributed by atoms with Crippen LogP contribution in [0.3, 0.4) is 0 Å². The summed E-state index contributed by atoms with van der Waals surface area (Å²) in [5.74, 6) is 0.406. The van der Waals surface area contributed by atoms with Crippen molar-refractivity contribution in [3.8, 4) is 5.75 Å². The van der Waals surface area contributed by atoms with E-state index in [9.17, 15) is 9.59 Å². The molecule has 31 heavy (non-hydrogen) atoms. The number of carbonyl (C=O) groups is 2. The average Bonchev–Trinajstić information content (AvgIpc) is 2.69. The quantitative estimate of drug-likeness (QED) is 0.499. The number of hydrogen-bond donors (Lipinski definition) is 1. The minimum absolute atomic E-state index is 0.140. The van der Waals surface area contributed by atoms with Gasteiger partial charge in [0.15, 0.2) is 0 Å². The summed E-state index contributed by atoms with van der Waals surface area (Å²) in [5, 5.41) is 3.92. The molecule has 0 saturated carbocycles. The zero-order valence-corrected chi connectivity index (χ0v) is 20.0. The zero-order valence-electron chi connectivity index (χ0n) is 18.5. The standard InChI is InChI=1S/C24H30Cl2N2O3/c1-17(23(30)27-24(2,3)4)28(16-18-12-13-19(25)15-21(18)26)22(29)11-8-14-31-20-9-6-5-7-10-20/h5-7,9-10,12-13,15,17H,8,11,14,16H2,1-4H3,(H,27,30)/t17-/m1/s1. The highest BCUT2D eigenvalue weighted by Gasteiger charge is 2.28. The molecule has 0 fully saturated rings. The van der Waals surface area contributed by atoms with E-state index in [-0.39, 0.29) is 24.8 Å². The number of hydrogen-bond acceptors (Lipinski definition) is 3. The van der Waals surface area contributed by atoms with Gasteiger partial charge in [0.1, 0.15) is 11.8 Å². The molecular weight excluding hydrogens is 435 g/mol. The molecule has 0 spiro atoms. The fraction of sp³-hybridized carbons (Fsp3) is 0.417. The van der Waals surface area contributed by atoms with Crippen molar-refractivity contribution in [2.45, 2.75) is 58.7 Å². The van der Waals surface area contributed by atoms with E-state index in [1.807, 2.05) is 51.1 Å². The largest absolute Gasteiger partial charge is 0.494 e. The maximum Gasteiger partial charge on any atom is 0.242 e. The Labute approximate surface area is 194 Å². The van der Waals surface area contributed by atoms with Crippen LogP contribution in [0.5, 0.6) is 5.75 Å². The smallest absolute Gasteiger partial charge is 0.242 e. The Hall–Kier alpha value is -2.24. The first-order valence-electron chi connectivity index (χ1n) is 10.3. The zero-order chi connectivity index (χ0) is 23.0. The summed E-state index contributed by atoms with van der Waals surface area (Å²) in [4.78, 5) is 27.4. The molecule has 0 unspecified atom stereocenters. The summed E-state index contributed by atoms with van der Waals surface area (Å²) < 4.78 is 5.67. The van der Waals surface area contributed by atoms with Crippen molar-refractivity contribution >= 4 is 35.0 Å². The van der Waals surface area contributed by atoms with Gasteiger partial charge in [-0.15, -0.1) is 0 Å². The van der Waals surface area contributed by atoms with E-state index >= 15 is 0 Å². The Balaban J connectivity index is 2.07. The van der Waals surface area contributed by atoms with Crippen molar-refractivity contribution < 1.29 is 14.3 Å². The lowest BCUT2D eigenvalue weighted by Gasteiger charge is -2.31. The summed E-state index contributed by atoms with van der Waals surface area (Å²) in [5.41, 5.74) is 0.331. The highest BCUT2D eigenvalue weighted by molar-refractivity contribution is 6.35. The summed E-state index contributed by atoms with van der Waals surface area (Å²) in [6, 6.07) is 13.9. The van der Waals surface area contributed by atoms with Crippen molar-refractivity contribution in [1.29, 1.82) is 0 Å². The van der Waals surface area contributed by atoms with Gasteiger partial charge in [0.2, 0.25) is 11.8 Å². The first kappa shape index (κ1) is 25.0. The molecule has 0 aliphatic heterocycles. The Morgan fingerprint density at radius 3 is 2.39 bits per heavy atom. The summed E-state index contributed by atoms with van der Waals surface area (Å²) >= 11 is 12.3. The fourth-order valence-corrected chi connectivity index (χ4v) is 3.43. The predicted octanol–water partition coefficient (Wildman–Crippen LogP) is 5.48. The molecule has 168 valence electrons. The maximum absolute atomic E-state index is 13.1. The number of ether oxygens (including phenoxy) is 1. The molecule has 2 aromatic rings. The van der Waals surface area contributed by atoms with Crippen LogP contribution in [-0.4, -0.2) is 34.9 Å². The van der Waals surface area contributed by atoms with Crippen LogP contribution in [0.15, 0.2) is 48.5 Å². The topological polar surface area (TPSA) is 58.6 Å². The molecule has 7 heteroatoms. The molecule has 2 aromatic carbocycles. The molecular formula is C24H30Cl2N2O3. The van der Waals surface area contributed by atoms with Gasteiger partial charge in [-0.25, -0.2) is 0 Å². The average molecular weight is 465 g/mol. The van der Waals surface area contributed by atoms with E-state index in [0.29, 0.717) is 23.1 Å². The second kappa shape index (κ2) is 11.4.